The maximum absolute atomic E-state index is 12.7. The summed E-state index contributed by atoms with van der Waals surface area (Å²) in [5, 5.41) is 3.81. The Bertz CT molecular complexity index is 442. The molecule has 0 amide bonds. The lowest BCUT2D eigenvalue weighted by Gasteiger charge is -2.06. The number of hydrogen-bond acceptors (Lipinski definition) is 4. The molecule has 2 rings (SSSR count). The van der Waals surface area contributed by atoms with Crippen molar-refractivity contribution in [1.82, 2.24) is 0 Å². The molecule has 17 heavy (non-hydrogen) atoms. The van der Waals surface area contributed by atoms with Gasteiger partial charge >= 0.3 is 5.97 Å². The van der Waals surface area contributed by atoms with Crippen LogP contribution >= 0.6 is 0 Å². The van der Waals surface area contributed by atoms with Gasteiger partial charge in [-0.25, -0.2) is 9.18 Å². The topological polar surface area (TPSA) is 47.9 Å². The smallest absolute Gasteiger partial charge is 0.350 e. The van der Waals surface area contributed by atoms with Crippen LogP contribution in [0.2, 0.25) is 0 Å². The summed E-state index contributed by atoms with van der Waals surface area (Å²) in [4.78, 5) is 16.4. The summed E-state index contributed by atoms with van der Waals surface area (Å²) in [6.07, 6.45) is -0.334. The molecule has 1 atom stereocenters. The van der Waals surface area contributed by atoms with Crippen molar-refractivity contribution >= 4 is 11.7 Å². The summed E-state index contributed by atoms with van der Waals surface area (Å²) in [7, 11) is 0. The number of ether oxygens (including phenoxy) is 1. The Morgan fingerprint density at radius 3 is 2.88 bits per heavy atom. The Hall–Kier alpha value is -1.91. The maximum Gasteiger partial charge on any atom is 0.350 e. The van der Waals surface area contributed by atoms with Crippen LogP contribution < -0.4 is 0 Å². The van der Waals surface area contributed by atoms with Crippen molar-refractivity contribution in [2.75, 3.05) is 6.61 Å². The summed E-state index contributed by atoms with van der Waals surface area (Å²) < 4.78 is 17.6. The minimum atomic E-state index is -0.685. The second-order valence-corrected chi connectivity index (χ2v) is 3.60. The van der Waals surface area contributed by atoms with Gasteiger partial charge in [-0.15, -0.1) is 0 Å². The molecule has 4 nitrogen and oxygen atoms in total. The van der Waals surface area contributed by atoms with Gasteiger partial charge < -0.3 is 9.57 Å². The number of hydrogen-bond donors (Lipinski definition) is 0. The molecule has 0 radical (unpaired) electrons. The Labute approximate surface area is 98.0 Å². The molecule has 0 fully saturated rings. The predicted molar refractivity (Wildman–Crippen MR) is 59.1 cm³/mol. The van der Waals surface area contributed by atoms with Crippen LogP contribution in [0.3, 0.4) is 0 Å². The SMILES string of the molecule is CCOC(=O)C1CC(c2ccc(F)cc2)=NO1. The first-order valence-corrected chi connectivity index (χ1v) is 5.36. The average molecular weight is 237 g/mol. The number of esters is 1. The molecular formula is C12H12FNO3. The molecule has 0 saturated carbocycles. The fraction of sp³-hybridized carbons (Fsp3) is 0.333. The number of carbonyl (C=O) groups is 1. The van der Waals surface area contributed by atoms with Crippen LogP contribution in [0.15, 0.2) is 29.4 Å². The van der Waals surface area contributed by atoms with E-state index in [4.69, 9.17) is 9.57 Å². The number of nitrogens with zero attached hydrogens (tertiary/aromatic N) is 1. The van der Waals surface area contributed by atoms with E-state index in [1.165, 1.54) is 12.1 Å². The van der Waals surface area contributed by atoms with Gasteiger partial charge in [-0.1, -0.05) is 17.3 Å². The highest BCUT2D eigenvalue weighted by atomic mass is 19.1. The molecule has 0 aliphatic carbocycles. The highest BCUT2D eigenvalue weighted by molar-refractivity contribution is 6.03. The van der Waals surface area contributed by atoms with Crippen molar-refractivity contribution in [3.05, 3.63) is 35.6 Å². The summed E-state index contributed by atoms with van der Waals surface area (Å²) in [6, 6.07) is 5.89. The van der Waals surface area contributed by atoms with Crippen molar-refractivity contribution in [3.8, 4) is 0 Å². The van der Waals surface area contributed by atoms with Crippen LogP contribution in [0.1, 0.15) is 18.9 Å². The van der Waals surface area contributed by atoms with Crippen LogP contribution in [0, 0.1) is 5.82 Å². The van der Waals surface area contributed by atoms with E-state index in [9.17, 15) is 9.18 Å². The highest BCUT2D eigenvalue weighted by Crippen LogP contribution is 2.17. The van der Waals surface area contributed by atoms with E-state index in [0.717, 1.165) is 5.56 Å². The Balaban J connectivity index is 2.02. The van der Waals surface area contributed by atoms with Crippen molar-refractivity contribution < 1.29 is 18.8 Å². The lowest BCUT2D eigenvalue weighted by atomic mass is 10.1. The number of carbonyl (C=O) groups excluding carboxylic acids is 1. The molecule has 0 aromatic heterocycles. The molecule has 1 heterocycles. The quantitative estimate of drug-likeness (QED) is 0.754. The molecule has 1 aromatic carbocycles. The zero-order valence-corrected chi connectivity index (χ0v) is 9.35. The van der Waals surface area contributed by atoms with E-state index >= 15 is 0 Å². The van der Waals surface area contributed by atoms with Crippen LogP contribution in [0.25, 0.3) is 0 Å². The standard InChI is InChI=1S/C12H12FNO3/c1-2-16-12(15)11-7-10(14-17-11)8-3-5-9(13)6-4-8/h3-6,11H,2,7H2,1H3. The molecule has 1 aromatic rings. The third-order valence-corrected chi connectivity index (χ3v) is 2.40. The Morgan fingerprint density at radius 2 is 2.24 bits per heavy atom. The van der Waals surface area contributed by atoms with Gasteiger partial charge in [-0.2, -0.15) is 0 Å². The van der Waals surface area contributed by atoms with E-state index in [-0.39, 0.29) is 5.82 Å². The molecule has 1 aliphatic rings. The van der Waals surface area contributed by atoms with E-state index in [2.05, 4.69) is 5.16 Å². The van der Waals surface area contributed by atoms with Gasteiger partial charge in [-0.3, -0.25) is 0 Å². The minimum Gasteiger partial charge on any atom is -0.463 e. The van der Waals surface area contributed by atoms with Gasteiger partial charge in [0.2, 0.25) is 6.10 Å². The zero-order valence-electron chi connectivity index (χ0n) is 9.35. The zero-order chi connectivity index (χ0) is 12.3. The van der Waals surface area contributed by atoms with Gasteiger partial charge in [0.15, 0.2) is 0 Å². The van der Waals surface area contributed by atoms with Crippen LogP contribution in [0.5, 0.6) is 0 Å². The van der Waals surface area contributed by atoms with Crippen molar-refractivity contribution in [2.45, 2.75) is 19.4 Å². The third-order valence-electron chi connectivity index (χ3n) is 2.40. The number of benzene rings is 1. The van der Waals surface area contributed by atoms with Crippen LogP contribution in [-0.2, 0) is 14.4 Å². The maximum atomic E-state index is 12.7. The number of rotatable bonds is 3. The second kappa shape index (κ2) is 4.95. The van der Waals surface area contributed by atoms with Crippen LogP contribution in [-0.4, -0.2) is 24.4 Å². The average Bonchev–Trinajstić information content (AvgIpc) is 2.80. The Kier molecular flexibility index (Phi) is 3.37. The summed E-state index contributed by atoms with van der Waals surface area (Å²) in [6.45, 7) is 2.04. The van der Waals surface area contributed by atoms with Gasteiger partial charge in [-0.05, 0) is 24.6 Å². The van der Waals surface area contributed by atoms with Gasteiger partial charge in [0.1, 0.15) is 5.82 Å². The fourth-order valence-electron chi connectivity index (χ4n) is 1.55. The first kappa shape index (κ1) is 11.6. The predicted octanol–water partition coefficient (Wildman–Crippen LogP) is 1.88. The number of halogens is 1. The van der Waals surface area contributed by atoms with E-state index in [1.807, 2.05) is 0 Å². The summed E-state index contributed by atoms with van der Waals surface area (Å²) in [5.41, 5.74) is 1.38. The molecule has 0 spiro atoms. The lowest BCUT2D eigenvalue weighted by Crippen LogP contribution is -2.23. The minimum absolute atomic E-state index is 0.310. The fourth-order valence-corrected chi connectivity index (χ4v) is 1.55. The van der Waals surface area contributed by atoms with Gasteiger partial charge in [0.25, 0.3) is 0 Å². The first-order chi connectivity index (χ1) is 8.20. The normalized spacial score (nSPS) is 18.5. The molecule has 0 saturated heterocycles. The Morgan fingerprint density at radius 1 is 1.53 bits per heavy atom. The molecule has 0 N–H and O–H groups in total. The first-order valence-electron chi connectivity index (χ1n) is 5.36. The molecular weight excluding hydrogens is 225 g/mol. The largest absolute Gasteiger partial charge is 0.463 e. The molecule has 1 unspecified atom stereocenters. The van der Waals surface area contributed by atoms with E-state index in [0.29, 0.717) is 18.7 Å². The van der Waals surface area contributed by atoms with E-state index < -0.39 is 12.1 Å². The third kappa shape index (κ3) is 2.61. The van der Waals surface area contributed by atoms with Gasteiger partial charge in [0, 0.05) is 6.42 Å². The number of oxime groups is 1. The van der Waals surface area contributed by atoms with Gasteiger partial charge in [0.05, 0.1) is 12.3 Å². The molecule has 1 aliphatic heterocycles. The van der Waals surface area contributed by atoms with Crippen molar-refractivity contribution in [1.29, 1.82) is 0 Å². The molecule has 5 heteroatoms. The second-order valence-electron chi connectivity index (χ2n) is 3.60. The molecule has 0 bridgehead atoms. The van der Waals surface area contributed by atoms with Crippen molar-refractivity contribution in [3.63, 3.8) is 0 Å². The summed E-state index contributed by atoms with van der Waals surface area (Å²) in [5.74, 6) is -0.733. The summed E-state index contributed by atoms with van der Waals surface area (Å²) >= 11 is 0. The van der Waals surface area contributed by atoms with Crippen molar-refractivity contribution in [2.24, 2.45) is 5.16 Å². The van der Waals surface area contributed by atoms with E-state index in [1.54, 1.807) is 19.1 Å². The monoisotopic (exact) mass is 237 g/mol. The van der Waals surface area contributed by atoms with Crippen LogP contribution in [0.4, 0.5) is 4.39 Å². The lowest BCUT2D eigenvalue weighted by molar-refractivity contribution is -0.154. The highest BCUT2D eigenvalue weighted by Gasteiger charge is 2.29. The molecule has 90 valence electrons.